The van der Waals surface area contributed by atoms with Gasteiger partial charge in [-0.2, -0.15) is 0 Å². The molecule has 0 aromatic carbocycles. The predicted octanol–water partition coefficient (Wildman–Crippen LogP) is 2.71. The highest BCUT2D eigenvalue weighted by Crippen LogP contribution is 2.31. The van der Waals surface area contributed by atoms with Gasteiger partial charge >= 0.3 is 0 Å². The number of aryl methyl sites for hydroxylation is 1. The zero-order chi connectivity index (χ0) is 17.9. The molecule has 0 radical (unpaired) electrons. The molecular formula is C19H21N5OS. The Morgan fingerprint density at radius 3 is 2.65 bits per heavy atom. The number of hydrogen-bond donors (Lipinski definition) is 0. The second-order valence-corrected chi connectivity index (χ2v) is 7.48. The number of nitrogens with zero attached hydrogens (tertiary/aromatic N) is 5. The lowest BCUT2D eigenvalue weighted by Gasteiger charge is -2.38. The van der Waals surface area contributed by atoms with E-state index in [2.05, 4.69) is 37.7 Å². The number of aromatic nitrogens is 3. The van der Waals surface area contributed by atoms with Gasteiger partial charge in [0.25, 0.3) is 0 Å². The number of aldehydes is 1. The molecule has 4 heterocycles. The summed E-state index contributed by atoms with van der Waals surface area (Å²) in [7, 11) is 0. The molecule has 0 spiro atoms. The number of carbonyl (C=O) groups excluding carboxylic acids is 1. The molecule has 0 N–H and O–H groups in total. The fraction of sp³-hybridized carbons (Fsp3) is 0.368. The third-order valence-corrected chi connectivity index (χ3v) is 6.08. The van der Waals surface area contributed by atoms with E-state index in [1.54, 1.807) is 30.1 Å². The third kappa shape index (κ3) is 3.20. The zero-order valence-corrected chi connectivity index (χ0v) is 15.5. The highest BCUT2D eigenvalue weighted by atomic mass is 32.1. The number of anilines is 1. The van der Waals surface area contributed by atoms with Crippen molar-refractivity contribution in [2.24, 2.45) is 0 Å². The lowest BCUT2D eigenvalue weighted by molar-refractivity contribution is -0.112. The summed E-state index contributed by atoms with van der Waals surface area (Å²) in [6.45, 7) is 5.50. The summed E-state index contributed by atoms with van der Waals surface area (Å²) in [5.74, 6) is 1.01. The molecule has 0 amide bonds. The van der Waals surface area contributed by atoms with Crippen LogP contribution in [0.4, 0.5) is 5.82 Å². The SMILES string of the molecule is CCc1cc2c(N3CCN(C(C=O)c4ccncc4)CC3)ncnc2s1. The van der Waals surface area contributed by atoms with Crippen LogP contribution in [0, 0.1) is 0 Å². The average molecular weight is 367 g/mol. The number of hydrogen-bond acceptors (Lipinski definition) is 7. The summed E-state index contributed by atoms with van der Waals surface area (Å²) in [6, 6.07) is 5.83. The Morgan fingerprint density at radius 1 is 1.19 bits per heavy atom. The monoisotopic (exact) mass is 367 g/mol. The van der Waals surface area contributed by atoms with Crippen LogP contribution in [0.2, 0.25) is 0 Å². The molecule has 1 aliphatic rings. The zero-order valence-electron chi connectivity index (χ0n) is 14.7. The molecule has 134 valence electrons. The maximum absolute atomic E-state index is 11.7. The van der Waals surface area contributed by atoms with Gasteiger partial charge in [0.1, 0.15) is 23.3 Å². The van der Waals surface area contributed by atoms with Gasteiger partial charge in [0.15, 0.2) is 0 Å². The van der Waals surface area contributed by atoms with E-state index in [4.69, 9.17) is 0 Å². The first-order chi connectivity index (χ1) is 12.8. The predicted molar refractivity (Wildman–Crippen MR) is 104 cm³/mol. The van der Waals surface area contributed by atoms with Crippen LogP contribution in [-0.2, 0) is 11.2 Å². The van der Waals surface area contributed by atoms with Gasteiger partial charge in [0.05, 0.1) is 11.4 Å². The van der Waals surface area contributed by atoms with E-state index in [1.807, 2.05) is 12.1 Å². The summed E-state index contributed by atoms with van der Waals surface area (Å²) in [5.41, 5.74) is 0.998. The van der Waals surface area contributed by atoms with Crippen molar-refractivity contribution in [2.75, 3.05) is 31.1 Å². The highest BCUT2D eigenvalue weighted by Gasteiger charge is 2.26. The Labute approximate surface area is 156 Å². The second kappa shape index (κ2) is 7.47. The molecular weight excluding hydrogens is 346 g/mol. The Hall–Kier alpha value is -2.38. The number of rotatable bonds is 5. The van der Waals surface area contributed by atoms with Crippen molar-refractivity contribution >= 4 is 33.7 Å². The van der Waals surface area contributed by atoms with Crippen molar-refractivity contribution < 1.29 is 4.79 Å². The summed E-state index contributed by atoms with van der Waals surface area (Å²) in [4.78, 5) is 31.6. The maximum atomic E-state index is 11.7. The molecule has 1 fully saturated rings. The molecule has 3 aromatic rings. The van der Waals surface area contributed by atoms with Crippen molar-refractivity contribution in [1.82, 2.24) is 19.9 Å². The topological polar surface area (TPSA) is 62.2 Å². The van der Waals surface area contributed by atoms with Crippen molar-refractivity contribution in [3.05, 3.63) is 47.4 Å². The van der Waals surface area contributed by atoms with Crippen molar-refractivity contribution in [3.8, 4) is 0 Å². The van der Waals surface area contributed by atoms with Gasteiger partial charge < -0.3 is 9.69 Å². The molecule has 7 heteroatoms. The third-order valence-electron chi connectivity index (χ3n) is 4.89. The summed E-state index contributed by atoms with van der Waals surface area (Å²) in [6.07, 6.45) is 7.18. The van der Waals surface area contributed by atoms with Gasteiger partial charge in [0.2, 0.25) is 0 Å². The molecule has 1 aliphatic heterocycles. The Kier molecular flexibility index (Phi) is 4.90. The number of fused-ring (bicyclic) bond motifs is 1. The molecule has 1 unspecified atom stereocenters. The van der Waals surface area contributed by atoms with Crippen LogP contribution in [0.3, 0.4) is 0 Å². The number of piperazine rings is 1. The van der Waals surface area contributed by atoms with Crippen LogP contribution in [0.5, 0.6) is 0 Å². The Bertz CT molecular complexity index is 889. The van der Waals surface area contributed by atoms with E-state index in [1.165, 1.54) is 4.88 Å². The Balaban J connectivity index is 1.52. The van der Waals surface area contributed by atoms with Gasteiger partial charge in [-0.3, -0.25) is 9.88 Å². The van der Waals surface area contributed by atoms with Gasteiger partial charge in [-0.15, -0.1) is 11.3 Å². The van der Waals surface area contributed by atoms with Gasteiger partial charge in [-0.1, -0.05) is 6.92 Å². The van der Waals surface area contributed by atoms with Crippen molar-refractivity contribution in [3.63, 3.8) is 0 Å². The minimum Gasteiger partial charge on any atom is -0.353 e. The van der Waals surface area contributed by atoms with Crippen LogP contribution < -0.4 is 4.90 Å². The van der Waals surface area contributed by atoms with Gasteiger partial charge in [-0.25, -0.2) is 9.97 Å². The molecule has 6 nitrogen and oxygen atoms in total. The van der Waals surface area contributed by atoms with E-state index in [9.17, 15) is 4.79 Å². The largest absolute Gasteiger partial charge is 0.353 e. The first-order valence-corrected chi connectivity index (χ1v) is 9.69. The second-order valence-electron chi connectivity index (χ2n) is 6.37. The normalized spacial score (nSPS) is 16.7. The first-order valence-electron chi connectivity index (χ1n) is 8.87. The molecule has 4 rings (SSSR count). The maximum Gasteiger partial charge on any atom is 0.141 e. The van der Waals surface area contributed by atoms with E-state index < -0.39 is 0 Å². The van der Waals surface area contributed by atoms with Crippen LogP contribution in [0.15, 0.2) is 36.9 Å². The summed E-state index contributed by atoms with van der Waals surface area (Å²) < 4.78 is 0. The first kappa shape index (κ1) is 17.1. The molecule has 3 aromatic heterocycles. The van der Waals surface area contributed by atoms with Crippen LogP contribution in [0.1, 0.15) is 23.4 Å². The minimum atomic E-state index is -0.210. The molecule has 1 atom stereocenters. The van der Waals surface area contributed by atoms with Crippen LogP contribution >= 0.6 is 11.3 Å². The summed E-state index contributed by atoms with van der Waals surface area (Å²) in [5, 5.41) is 1.14. The molecule has 0 saturated carbocycles. The van der Waals surface area contributed by atoms with Gasteiger partial charge in [0, 0.05) is 43.4 Å². The lowest BCUT2D eigenvalue weighted by atomic mass is 10.1. The molecule has 0 aliphatic carbocycles. The summed E-state index contributed by atoms with van der Waals surface area (Å²) >= 11 is 1.74. The standard InChI is InChI=1S/C19H21N5OS/c1-2-15-11-16-18(21-13-22-19(16)26-15)24-9-7-23(8-10-24)17(12-25)14-3-5-20-6-4-14/h3-6,11-13,17H,2,7-10H2,1H3. The highest BCUT2D eigenvalue weighted by molar-refractivity contribution is 7.18. The van der Waals surface area contributed by atoms with Gasteiger partial charge in [-0.05, 0) is 30.2 Å². The molecule has 1 saturated heterocycles. The van der Waals surface area contributed by atoms with E-state index in [-0.39, 0.29) is 6.04 Å². The Morgan fingerprint density at radius 2 is 1.96 bits per heavy atom. The fourth-order valence-electron chi connectivity index (χ4n) is 3.47. The molecule has 0 bridgehead atoms. The van der Waals surface area contributed by atoms with E-state index >= 15 is 0 Å². The van der Waals surface area contributed by atoms with Crippen molar-refractivity contribution in [1.29, 1.82) is 0 Å². The number of pyridine rings is 1. The van der Waals surface area contributed by atoms with Crippen LogP contribution in [0.25, 0.3) is 10.2 Å². The average Bonchev–Trinajstić information content (AvgIpc) is 3.13. The van der Waals surface area contributed by atoms with E-state index in [0.29, 0.717) is 0 Å². The van der Waals surface area contributed by atoms with E-state index in [0.717, 1.165) is 60.5 Å². The smallest absolute Gasteiger partial charge is 0.141 e. The number of thiophene rings is 1. The molecule has 26 heavy (non-hydrogen) atoms. The van der Waals surface area contributed by atoms with Crippen LogP contribution in [-0.4, -0.2) is 52.3 Å². The van der Waals surface area contributed by atoms with Crippen molar-refractivity contribution in [2.45, 2.75) is 19.4 Å². The lowest BCUT2D eigenvalue weighted by Crippen LogP contribution is -2.48. The fourth-order valence-corrected chi connectivity index (χ4v) is 4.40. The number of carbonyl (C=O) groups is 1. The minimum absolute atomic E-state index is 0.210. The quantitative estimate of drug-likeness (QED) is 0.646.